The molecule has 0 aromatic heterocycles. The van der Waals surface area contributed by atoms with Crippen molar-refractivity contribution in [3.63, 3.8) is 0 Å². The summed E-state index contributed by atoms with van der Waals surface area (Å²) < 4.78 is 0. The number of hydrogen-bond donors (Lipinski definition) is 1. The predicted octanol–water partition coefficient (Wildman–Crippen LogP) is 4.73. The lowest BCUT2D eigenvalue weighted by atomic mass is 10.1. The molecule has 1 N–H and O–H groups in total. The summed E-state index contributed by atoms with van der Waals surface area (Å²) in [6.07, 6.45) is 0. The Kier molecular flexibility index (Phi) is 5.15. The summed E-state index contributed by atoms with van der Waals surface area (Å²) in [7, 11) is 0. The van der Waals surface area contributed by atoms with Gasteiger partial charge in [-0.15, -0.1) is 0 Å². The molecule has 0 aliphatic carbocycles. The number of carbonyl (C=O) groups is 1. The molecule has 3 aromatic rings. The number of hydrazine groups is 1. The summed E-state index contributed by atoms with van der Waals surface area (Å²) in [5.41, 5.74) is 3.73. The average Bonchev–Trinajstić information content (AvgIpc) is 2.67. The van der Waals surface area contributed by atoms with Gasteiger partial charge in [-0.2, -0.15) is 0 Å². The van der Waals surface area contributed by atoms with E-state index in [1.807, 2.05) is 60.7 Å². The standard InChI is InChI=1S/C19H14ClN3O3/c20-14-11-12-17(18(13-14)23(25)26)19(24)21-22(15-7-3-1-4-8-15)16-9-5-2-6-10-16/h1-13H,(H,21,24). The second-order valence-corrected chi connectivity index (χ2v) is 5.80. The van der Waals surface area contributed by atoms with Crippen LogP contribution in [0.5, 0.6) is 0 Å². The lowest BCUT2D eigenvalue weighted by Gasteiger charge is -2.25. The number of amides is 1. The van der Waals surface area contributed by atoms with Crippen LogP contribution >= 0.6 is 11.6 Å². The number of hydrogen-bond acceptors (Lipinski definition) is 4. The predicted molar refractivity (Wildman–Crippen MR) is 101 cm³/mol. The van der Waals surface area contributed by atoms with Crippen molar-refractivity contribution >= 4 is 34.6 Å². The van der Waals surface area contributed by atoms with Gasteiger partial charge in [0.1, 0.15) is 5.56 Å². The van der Waals surface area contributed by atoms with Crippen molar-refractivity contribution in [3.8, 4) is 0 Å². The van der Waals surface area contributed by atoms with Crippen LogP contribution in [0.2, 0.25) is 5.02 Å². The first kappa shape index (κ1) is 17.4. The van der Waals surface area contributed by atoms with Gasteiger partial charge in [0.2, 0.25) is 0 Å². The second-order valence-electron chi connectivity index (χ2n) is 5.37. The highest BCUT2D eigenvalue weighted by Crippen LogP contribution is 2.26. The van der Waals surface area contributed by atoms with Gasteiger partial charge in [0.05, 0.1) is 16.3 Å². The molecule has 0 unspecified atom stereocenters. The number of benzene rings is 3. The zero-order valence-electron chi connectivity index (χ0n) is 13.5. The molecule has 0 aliphatic heterocycles. The van der Waals surface area contributed by atoms with Gasteiger partial charge in [-0.05, 0) is 36.4 Å². The normalized spacial score (nSPS) is 10.2. The van der Waals surface area contributed by atoms with Crippen LogP contribution in [0.4, 0.5) is 17.1 Å². The first-order valence-corrected chi connectivity index (χ1v) is 8.09. The van der Waals surface area contributed by atoms with Crippen molar-refractivity contribution in [1.82, 2.24) is 5.43 Å². The lowest BCUT2D eigenvalue weighted by Crippen LogP contribution is -2.39. The minimum atomic E-state index is -0.629. The Morgan fingerprint density at radius 3 is 1.96 bits per heavy atom. The minimum Gasteiger partial charge on any atom is -0.267 e. The molecule has 130 valence electrons. The highest BCUT2D eigenvalue weighted by atomic mass is 35.5. The third kappa shape index (κ3) is 3.81. The maximum atomic E-state index is 12.7. The number of halogens is 1. The van der Waals surface area contributed by atoms with Gasteiger partial charge < -0.3 is 0 Å². The summed E-state index contributed by atoms with van der Waals surface area (Å²) >= 11 is 5.82. The van der Waals surface area contributed by atoms with Gasteiger partial charge in [0.15, 0.2) is 0 Å². The Bertz CT molecular complexity index is 894. The van der Waals surface area contributed by atoms with Crippen LogP contribution in [0.25, 0.3) is 0 Å². The first-order chi connectivity index (χ1) is 12.6. The molecule has 0 heterocycles. The number of nitrogens with zero attached hydrogens (tertiary/aromatic N) is 2. The van der Waals surface area contributed by atoms with Crippen molar-refractivity contribution < 1.29 is 9.72 Å². The fourth-order valence-electron chi connectivity index (χ4n) is 2.44. The Labute approximate surface area is 154 Å². The second kappa shape index (κ2) is 7.67. The number of nitro groups is 1. The van der Waals surface area contributed by atoms with Crippen molar-refractivity contribution in [3.05, 3.63) is 99.6 Å². The molecule has 0 bridgehead atoms. The Morgan fingerprint density at radius 1 is 0.923 bits per heavy atom. The van der Waals surface area contributed by atoms with E-state index in [4.69, 9.17) is 11.6 Å². The Morgan fingerprint density at radius 2 is 1.46 bits per heavy atom. The largest absolute Gasteiger partial charge is 0.283 e. The van der Waals surface area contributed by atoms with Gasteiger partial charge in [0.25, 0.3) is 11.6 Å². The van der Waals surface area contributed by atoms with E-state index < -0.39 is 10.8 Å². The van der Waals surface area contributed by atoms with E-state index in [9.17, 15) is 14.9 Å². The highest BCUT2D eigenvalue weighted by molar-refractivity contribution is 6.31. The summed E-state index contributed by atoms with van der Waals surface area (Å²) in [6, 6.07) is 22.3. The van der Waals surface area contributed by atoms with E-state index in [0.29, 0.717) is 11.4 Å². The molecule has 0 atom stereocenters. The average molecular weight is 368 g/mol. The van der Waals surface area contributed by atoms with Crippen LogP contribution in [0.15, 0.2) is 78.9 Å². The van der Waals surface area contributed by atoms with E-state index in [1.54, 1.807) is 5.01 Å². The van der Waals surface area contributed by atoms with Gasteiger partial charge in [-0.1, -0.05) is 48.0 Å². The zero-order valence-corrected chi connectivity index (χ0v) is 14.3. The van der Waals surface area contributed by atoms with Crippen molar-refractivity contribution in [2.75, 3.05) is 5.01 Å². The molecule has 0 spiro atoms. The minimum absolute atomic E-state index is 0.0729. The Hall–Kier alpha value is -3.38. The van der Waals surface area contributed by atoms with E-state index >= 15 is 0 Å². The van der Waals surface area contributed by atoms with Gasteiger partial charge >= 0.3 is 0 Å². The Balaban J connectivity index is 1.98. The number of carbonyl (C=O) groups excluding carboxylic acids is 1. The molecule has 26 heavy (non-hydrogen) atoms. The highest BCUT2D eigenvalue weighted by Gasteiger charge is 2.23. The fourth-order valence-corrected chi connectivity index (χ4v) is 2.61. The molecule has 3 aromatic carbocycles. The quantitative estimate of drug-likeness (QED) is 0.522. The molecular weight excluding hydrogens is 354 g/mol. The fraction of sp³-hybridized carbons (Fsp3) is 0. The number of para-hydroxylation sites is 2. The molecule has 7 heteroatoms. The molecular formula is C19H14ClN3O3. The lowest BCUT2D eigenvalue weighted by molar-refractivity contribution is -0.385. The maximum absolute atomic E-state index is 12.7. The summed E-state index contributed by atoms with van der Waals surface area (Å²) in [5, 5.41) is 13.0. The van der Waals surface area contributed by atoms with Crippen molar-refractivity contribution in [2.24, 2.45) is 0 Å². The van der Waals surface area contributed by atoms with E-state index in [0.717, 1.165) is 6.07 Å². The zero-order chi connectivity index (χ0) is 18.5. The molecule has 6 nitrogen and oxygen atoms in total. The molecule has 0 saturated heterocycles. The topological polar surface area (TPSA) is 75.5 Å². The van der Waals surface area contributed by atoms with E-state index in [2.05, 4.69) is 5.43 Å². The molecule has 0 saturated carbocycles. The third-order valence-corrected chi connectivity index (χ3v) is 3.88. The van der Waals surface area contributed by atoms with E-state index in [-0.39, 0.29) is 16.3 Å². The number of nitro benzene ring substituents is 1. The molecule has 1 amide bonds. The van der Waals surface area contributed by atoms with E-state index in [1.165, 1.54) is 12.1 Å². The summed E-state index contributed by atoms with van der Waals surface area (Å²) in [5.74, 6) is -0.610. The maximum Gasteiger partial charge on any atom is 0.283 e. The van der Waals surface area contributed by atoms with Crippen LogP contribution in [-0.4, -0.2) is 10.8 Å². The molecule has 0 radical (unpaired) electrons. The van der Waals surface area contributed by atoms with Crippen LogP contribution < -0.4 is 10.4 Å². The summed E-state index contributed by atoms with van der Waals surface area (Å²) in [6.45, 7) is 0. The van der Waals surface area contributed by atoms with Crippen molar-refractivity contribution in [1.29, 1.82) is 0 Å². The SMILES string of the molecule is O=C(NN(c1ccccc1)c1ccccc1)c1ccc(Cl)cc1[N+](=O)[O-]. The van der Waals surface area contributed by atoms with Gasteiger partial charge in [-0.25, -0.2) is 0 Å². The van der Waals surface area contributed by atoms with Crippen LogP contribution in [-0.2, 0) is 0 Å². The molecule has 3 rings (SSSR count). The molecule has 0 fully saturated rings. The van der Waals surface area contributed by atoms with Crippen LogP contribution in [0.3, 0.4) is 0 Å². The van der Waals surface area contributed by atoms with Crippen molar-refractivity contribution in [2.45, 2.75) is 0 Å². The molecule has 0 aliphatic rings. The summed E-state index contributed by atoms with van der Waals surface area (Å²) in [4.78, 5) is 23.4. The third-order valence-electron chi connectivity index (χ3n) is 3.64. The monoisotopic (exact) mass is 367 g/mol. The first-order valence-electron chi connectivity index (χ1n) is 7.71. The smallest absolute Gasteiger partial charge is 0.267 e. The van der Waals surface area contributed by atoms with Crippen LogP contribution in [0.1, 0.15) is 10.4 Å². The van der Waals surface area contributed by atoms with Gasteiger partial charge in [-0.3, -0.25) is 25.3 Å². The number of anilines is 2. The van der Waals surface area contributed by atoms with Gasteiger partial charge in [0, 0.05) is 11.1 Å². The number of nitrogens with one attached hydrogen (secondary N) is 1. The van der Waals surface area contributed by atoms with Crippen LogP contribution in [0, 0.1) is 10.1 Å². The number of rotatable bonds is 5.